The van der Waals surface area contributed by atoms with Gasteiger partial charge in [0.25, 0.3) is 0 Å². The molecule has 1 unspecified atom stereocenters. The summed E-state index contributed by atoms with van der Waals surface area (Å²) in [4.78, 5) is 26.0. The first-order valence-electron chi connectivity index (χ1n) is 10.7. The summed E-state index contributed by atoms with van der Waals surface area (Å²) in [5.74, 6) is -0.484. The number of nitrogens with zero attached hydrogens (tertiary/aromatic N) is 1. The van der Waals surface area contributed by atoms with Crippen molar-refractivity contribution in [2.45, 2.75) is 24.5 Å². The van der Waals surface area contributed by atoms with E-state index in [-0.39, 0.29) is 25.5 Å². The highest BCUT2D eigenvalue weighted by molar-refractivity contribution is 5.81. The van der Waals surface area contributed by atoms with Gasteiger partial charge in [0.1, 0.15) is 24.5 Å². The van der Waals surface area contributed by atoms with Crippen LogP contribution in [0.25, 0.3) is 11.1 Å². The van der Waals surface area contributed by atoms with Crippen molar-refractivity contribution in [3.63, 3.8) is 0 Å². The fraction of sp³-hybridized carbons (Fsp3) is 0.231. The lowest BCUT2D eigenvalue weighted by molar-refractivity contribution is -0.141. The molecule has 0 bridgehead atoms. The van der Waals surface area contributed by atoms with E-state index >= 15 is 0 Å². The Kier molecular flexibility index (Phi) is 5.27. The van der Waals surface area contributed by atoms with Crippen molar-refractivity contribution < 1.29 is 24.2 Å². The third-order valence-electron chi connectivity index (χ3n) is 6.16. The highest BCUT2D eigenvalue weighted by atomic mass is 16.6. The molecule has 1 heterocycles. The van der Waals surface area contributed by atoms with E-state index in [1.165, 1.54) is 4.90 Å². The second-order valence-electron chi connectivity index (χ2n) is 8.10. The molecule has 0 saturated carbocycles. The molecule has 1 saturated heterocycles. The molecule has 0 aromatic heterocycles. The molecule has 5 rings (SSSR count). The van der Waals surface area contributed by atoms with E-state index in [2.05, 4.69) is 12.1 Å². The Labute approximate surface area is 186 Å². The molecule has 1 fully saturated rings. The molecule has 1 aliphatic carbocycles. The van der Waals surface area contributed by atoms with Crippen LogP contribution in [0.4, 0.5) is 4.79 Å². The summed E-state index contributed by atoms with van der Waals surface area (Å²) in [5, 5.41) is 9.65. The van der Waals surface area contributed by atoms with Gasteiger partial charge in [0.15, 0.2) is 0 Å². The first-order valence-corrected chi connectivity index (χ1v) is 10.7. The molecule has 0 radical (unpaired) electrons. The van der Waals surface area contributed by atoms with Crippen LogP contribution in [0, 0.1) is 0 Å². The number of ether oxygens (including phenoxy) is 2. The number of carboxylic acid groups (broad SMARTS) is 1. The molecule has 0 spiro atoms. The lowest BCUT2D eigenvalue weighted by Gasteiger charge is -2.22. The van der Waals surface area contributed by atoms with Crippen molar-refractivity contribution in [3.8, 4) is 16.9 Å². The van der Waals surface area contributed by atoms with Gasteiger partial charge in [0.2, 0.25) is 0 Å². The minimum Gasteiger partial charge on any atom is -0.488 e. The molecule has 32 heavy (non-hydrogen) atoms. The van der Waals surface area contributed by atoms with Crippen molar-refractivity contribution in [1.82, 2.24) is 4.90 Å². The number of likely N-dealkylation sites (tertiary alicyclic amines) is 1. The minimum atomic E-state index is -1.06. The second kappa shape index (κ2) is 8.38. The summed E-state index contributed by atoms with van der Waals surface area (Å²) >= 11 is 0. The van der Waals surface area contributed by atoms with Gasteiger partial charge >= 0.3 is 12.1 Å². The molecule has 162 valence electrons. The van der Waals surface area contributed by atoms with Crippen LogP contribution in [-0.4, -0.2) is 47.4 Å². The smallest absolute Gasteiger partial charge is 0.410 e. The monoisotopic (exact) mass is 429 g/mol. The number of hydrogen-bond acceptors (Lipinski definition) is 4. The number of fused-ring (bicyclic) bond motifs is 3. The molecule has 1 N–H and O–H groups in total. The Morgan fingerprint density at radius 3 is 2.09 bits per heavy atom. The van der Waals surface area contributed by atoms with E-state index < -0.39 is 24.2 Å². The van der Waals surface area contributed by atoms with Crippen molar-refractivity contribution in [2.24, 2.45) is 0 Å². The molecule has 1 aliphatic heterocycles. The number of aliphatic carboxylic acids is 1. The van der Waals surface area contributed by atoms with Crippen LogP contribution in [0.1, 0.15) is 23.5 Å². The van der Waals surface area contributed by atoms with E-state index in [4.69, 9.17) is 9.47 Å². The molecule has 6 nitrogen and oxygen atoms in total. The van der Waals surface area contributed by atoms with Gasteiger partial charge in [-0.1, -0.05) is 66.7 Å². The number of hydrogen-bond donors (Lipinski definition) is 1. The average molecular weight is 429 g/mol. The molecular weight excluding hydrogens is 406 g/mol. The number of carboxylic acids is 1. The Morgan fingerprint density at radius 1 is 0.875 bits per heavy atom. The Balaban J connectivity index is 1.30. The maximum absolute atomic E-state index is 12.9. The van der Waals surface area contributed by atoms with Crippen LogP contribution in [0.15, 0.2) is 78.9 Å². The van der Waals surface area contributed by atoms with E-state index in [0.29, 0.717) is 5.75 Å². The summed E-state index contributed by atoms with van der Waals surface area (Å²) in [6.45, 7) is 0.322. The molecule has 3 aromatic rings. The summed E-state index contributed by atoms with van der Waals surface area (Å²) in [5.41, 5.74) is 4.51. The van der Waals surface area contributed by atoms with Crippen molar-refractivity contribution in [3.05, 3.63) is 90.0 Å². The van der Waals surface area contributed by atoms with Gasteiger partial charge < -0.3 is 14.6 Å². The van der Waals surface area contributed by atoms with Gasteiger partial charge in [0.05, 0.1) is 6.54 Å². The first kappa shape index (κ1) is 20.1. The Bertz CT molecular complexity index is 1100. The SMILES string of the molecule is O=C(O)[C@H]1CC(Oc2ccccc2)CN1C(=O)OCC1c2ccccc2-c2ccccc21. The zero-order valence-electron chi connectivity index (χ0n) is 17.4. The first-order chi connectivity index (χ1) is 15.6. The quantitative estimate of drug-likeness (QED) is 0.644. The van der Waals surface area contributed by atoms with Crippen molar-refractivity contribution >= 4 is 12.1 Å². The predicted octanol–water partition coefficient (Wildman–Crippen LogP) is 4.54. The summed E-state index contributed by atoms with van der Waals surface area (Å²) in [7, 11) is 0. The van der Waals surface area contributed by atoms with Crippen LogP contribution >= 0.6 is 0 Å². The number of amides is 1. The van der Waals surface area contributed by atoms with Gasteiger partial charge in [-0.2, -0.15) is 0 Å². The maximum Gasteiger partial charge on any atom is 0.410 e. The van der Waals surface area contributed by atoms with Gasteiger partial charge in [-0.05, 0) is 34.4 Å². The van der Waals surface area contributed by atoms with Crippen molar-refractivity contribution in [1.29, 1.82) is 0 Å². The fourth-order valence-electron chi connectivity index (χ4n) is 4.69. The standard InChI is InChI=1S/C26H23NO5/c28-25(29)24-14-18(32-17-8-2-1-3-9-17)15-27(24)26(30)31-16-23-21-12-6-4-10-19(21)20-11-5-7-13-22(20)23/h1-13,18,23-24H,14-16H2,(H,28,29)/t18?,24-/m1/s1. The zero-order valence-corrected chi connectivity index (χ0v) is 17.4. The van der Waals surface area contributed by atoms with Crippen LogP contribution in [0.5, 0.6) is 5.75 Å². The van der Waals surface area contributed by atoms with Gasteiger partial charge in [-0.15, -0.1) is 0 Å². The fourth-order valence-corrected chi connectivity index (χ4v) is 4.69. The Hall–Kier alpha value is -3.80. The maximum atomic E-state index is 12.9. The predicted molar refractivity (Wildman–Crippen MR) is 119 cm³/mol. The van der Waals surface area contributed by atoms with Crippen LogP contribution in [-0.2, 0) is 9.53 Å². The molecule has 2 aliphatic rings. The zero-order chi connectivity index (χ0) is 22.1. The summed E-state index contributed by atoms with van der Waals surface area (Å²) in [6, 6.07) is 24.4. The highest BCUT2D eigenvalue weighted by Crippen LogP contribution is 2.44. The largest absolute Gasteiger partial charge is 0.488 e. The number of carbonyl (C=O) groups excluding carboxylic acids is 1. The minimum absolute atomic E-state index is 0.0754. The summed E-state index contributed by atoms with van der Waals surface area (Å²) < 4.78 is 11.6. The van der Waals surface area contributed by atoms with Crippen molar-refractivity contribution in [2.75, 3.05) is 13.2 Å². The van der Waals surface area contributed by atoms with E-state index in [0.717, 1.165) is 22.3 Å². The molecule has 6 heteroatoms. The van der Waals surface area contributed by atoms with E-state index in [1.54, 1.807) is 0 Å². The molecule has 1 amide bonds. The molecule has 2 atom stereocenters. The second-order valence-corrected chi connectivity index (χ2v) is 8.10. The average Bonchev–Trinajstić information content (AvgIpc) is 3.38. The van der Waals surface area contributed by atoms with E-state index in [9.17, 15) is 14.7 Å². The lowest BCUT2D eigenvalue weighted by Crippen LogP contribution is -2.41. The van der Waals surface area contributed by atoms with Gasteiger partial charge in [-0.25, -0.2) is 9.59 Å². The van der Waals surface area contributed by atoms with Crippen LogP contribution in [0.2, 0.25) is 0 Å². The van der Waals surface area contributed by atoms with Crippen LogP contribution in [0.3, 0.4) is 0 Å². The Morgan fingerprint density at radius 2 is 1.47 bits per heavy atom. The van der Waals surface area contributed by atoms with Crippen LogP contribution < -0.4 is 4.74 Å². The lowest BCUT2D eigenvalue weighted by atomic mass is 9.98. The normalized spacial score (nSPS) is 19.3. The number of benzene rings is 3. The highest BCUT2D eigenvalue weighted by Gasteiger charge is 2.42. The number of carbonyl (C=O) groups is 2. The molecule has 3 aromatic carbocycles. The molecular formula is C26H23NO5. The number of rotatable bonds is 5. The van der Waals surface area contributed by atoms with E-state index in [1.807, 2.05) is 66.7 Å². The van der Waals surface area contributed by atoms with Gasteiger partial charge in [0, 0.05) is 12.3 Å². The summed E-state index contributed by atoms with van der Waals surface area (Å²) in [6.07, 6.45) is -0.813. The number of para-hydroxylation sites is 1. The topological polar surface area (TPSA) is 76.1 Å². The third kappa shape index (κ3) is 3.68. The third-order valence-corrected chi connectivity index (χ3v) is 6.16. The van der Waals surface area contributed by atoms with Gasteiger partial charge in [-0.3, -0.25) is 4.90 Å².